The molecule has 110 valence electrons. The first-order valence-corrected chi connectivity index (χ1v) is 7.69. The monoisotopic (exact) mass is 302 g/mol. The van der Waals surface area contributed by atoms with E-state index in [1.165, 1.54) is 0 Å². The van der Waals surface area contributed by atoms with Crippen LogP contribution in [0, 0.1) is 6.92 Å². The van der Waals surface area contributed by atoms with Crippen LogP contribution in [0.1, 0.15) is 18.4 Å². The van der Waals surface area contributed by atoms with E-state index in [1.54, 1.807) is 48.4 Å². The highest BCUT2D eigenvalue weighted by molar-refractivity contribution is 7.99. The lowest BCUT2D eigenvalue weighted by molar-refractivity contribution is -0.116. The number of anilines is 2. The molecule has 1 amide bonds. The molecule has 0 bridgehead atoms. The second-order valence-electron chi connectivity index (χ2n) is 4.67. The number of carbonyl (C=O) groups is 1. The van der Waals surface area contributed by atoms with Crippen molar-refractivity contribution in [3.8, 4) is 0 Å². The Morgan fingerprint density at radius 2 is 1.90 bits per heavy atom. The van der Waals surface area contributed by atoms with Crippen LogP contribution in [0.5, 0.6) is 0 Å². The van der Waals surface area contributed by atoms with E-state index in [9.17, 15) is 4.79 Å². The quantitative estimate of drug-likeness (QED) is 0.371. The van der Waals surface area contributed by atoms with E-state index in [0.29, 0.717) is 12.1 Å². The van der Waals surface area contributed by atoms with Gasteiger partial charge in [0.05, 0.1) is 0 Å². The van der Waals surface area contributed by atoms with E-state index in [1.807, 2.05) is 6.92 Å². The molecule has 0 aliphatic heterocycles. The summed E-state index contributed by atoms with van der Waals surface area (Å²) in [6.07, 6.45) is 4.85. The number of nitrogens with one attached hydrogen (secondary N) is 1. The number of thioether (sulfide) groups is 1. The summed E-state index contributed by atoms with van der Waals surface area (Å²) in [6, 6.07) is 7.12. The van der Waals surface area contributed by atoms with Gasteiger partial charge in [0.25, 0.3) is 0 Å². The molecule has 2 aromatic rings. The van der Waals surface area contributed by atoms with Crippen LogP contribution in [0.4, 0.5) is 11.4 Å². The molecule has 0 saturated heterocycles. The number of amides is 1. The zero-order valence-electron chi connectivity index (χ0n) is 11.9. The van der Waals surface area contributed by atoms with Crippen molar-refractivity contribution in [2.45, 2.75) is 24.9 Å². The zero-order valence-corrected chi connectivity index (χ0v) is 12.7. The number of benzene rings is 1. The summed E-state index contributed by atoms with van der Waals surface area (Å²) in [6.45, 7) is 1.95. The molecular weight excluding hydrogens is 284 g/mol. The summed E-state index contributed by atoms with van der Waals surface area (Å²) in [4.78, 5) is 20.2. The normalized spacial score (nSPS) is 10.3. The molecule has 1 aromatic carbocycles. The minimum atomic E-state index is 0.00481. The van der Waals surface area contributed by atoms with E-state index in [-0.39, 0.29) is 5.91 Å². The van der Waals surface area contributed by atoms with Crippen LogP contribution in [0.2, 0.25) is 0 Å². The smallest absolute Gasteiger partial charge is 0.224 e. The Bertz CT molecular complexity index is 584. The molecule has 1 heterocycles. The van der Waals surface area contributed by atoms with Crippen molar-refractivity contribution in [2.24, 2.45) is 0 Å². The summed E-state index contributed by atoms with van der Waals surface area (Å²) in [5.74, 6) is 0.822. The van der Waals surface area contributed by atoms with Crippen LogP contribution in [0.15, 0.2) is 41.8 Å². The molecule has 0 saturated carbocycles. The van der Waals surface area contributed by atoms with Crippen molar-refractivity contribution < 1.29 is 4.79 Å². The van der Waals surface area contributed by atoms with Crippen LogP contribution in [-0.2, 0) is 4.79 Å². The maximum atomic E-state index is 11.8. The summed E-state index contributed by atoms with van der Waals surface area (Å²) in [5.41, 5.74) is 8.09. The molecule has 3 N–H and O–H groups in total. The Labute approximate surface area is 128 Å². The van der Waals surface area contributed by atoms with E-state index in [2.05, 4.69) is 15.3 Å². The third kappa shape index (κ3) is 5.43. The molecular formula is C15H18N4OS. The van der Waals surface area contributed by atoms with Gasteiger partial charge in [-0.1, -0.05) is 11.8 Å². The number of nitrogen functional groups attached to an aromatic ring is 1. The number of nitrogens with two attached hydrogens (primary N) is 1. The predicted octanol–water partition coefficient (Wildman–Crippen LogP) is 2.88. The number of nitrogens with zero attached hydrogens (tertiary/aromatic N) is 2. The highest BCUT2D eigenvalue weighted by Gasteiger charge is 2.03. The van der Waals surface area contributed by atoms with Crippen LogP contribution < -0.4 is 11.1 Å². The fraction of sp³-hybridized carbons (Fsp3) is 0.267. The molecule has 0 spiro atoms. The Balaban J connectivity index is 1.67. The van der Waals surface area contributed by atoms with Crippen LogP contribution in [0.3, 0.4) is 0 Å². The van der Waals surface area contributed by atoms with Crippen molar-refractivity contribution in [1.82, 2.24) is 9.97 Å². The molecule has 5 nitrogen and oxygen atoms in total. The molecule has 0 aliphatic rings. The minimum Gasteiger partial charge on any atom is -0.399 e. The van der Waals surface area contributed by atoms with Gasteiger partial charge in [-0.05, 0) is 43.2 Å². The van der Waals surface area contributed by atoms with Gasteiger partial charge in [-0.2, -0.15) is 0 Å². The van der Waals surface area contributed by atoms with Gasteiger partial charge in [0.1, 0.15) is 0 Å². The first-order valence-electron chi connectivity index (χ1n) is 6.70. The molecule has 1 aromatic heterocycles. The lowest BCUT2D eigenvalue weighted by atomic mass is 10.2. The lowest BCUT2D eigenvalue weighted by Crippen LogP contribution is -2.11. The average molecular weight is 302 g/mol. The SMILES string of the molecule is Cc1cnc(SCCCC(=O)Nc2ccc(N)cc2)nc1. The van der Waals surface area contributed by atoms with Gasteiger partial charge in [0, 0.05) is 35.9 Å². The third-order valence-electron chi connectivity index (χ3n) is 2.73. The molecule has 0 radical (unpaired) electrons. The number of rotatable bonds is 6. The van der Waals surface area contributed by atoms with Gasteiger partial charge in [0.2, 0.25) is 5.91 Å². The van der Waals surface area contributed by atoms with Gasteiger partial charge in [-0.3, -0.25) is 4.79 Å². The van der Waals surface area contributed by atoms with Gasteiger partial charge in [0.15, 0.2) is 5.16 Å². The fourth-order valence-electron chi connectivity index (χ4n) is 1.64. The Kier molecular flexibility index (Phi) is 5.57. The van der Waals surface area contributed by atoms with Crippen molar-refractivity contribution in [1.29, 1.82) is 0 Å². The van der Waals surface area contributed by atoms with E-state index < -0.39 is 0 Å². The maximum Gasteiger partial charge on any atom is 0.224 e. The first-order chi connectivity index (χ1) is 10.1. The largest absolute Gasteiger partial charge is 0.399 e. The van der Waals surface area contributed by atoms with Crippen LogP contribution >= 0.6 is 11.8 Å². The van der Waals surface area contributed by atoms with Crippen molar-refractivity contribution in [3.05, 3.63) is 42.2 Å². The maximum absolute atomic E-state index is 11.8. The van der Waals surface area contributed by atoms with Crippen LogP contribution in [0.25, 0.3) is 0 Å². The molecule has 0 atom stereocenters. The van der Waals surface area contributed by atoms with E-state index >= 15 is 0 Å². The molecule has 0 aliphatic carbocycles. The van der Waals surface area contributed by atoms with Gasteiger partial charge < -0.3 is 11.1 Å². The zero-order chi connectivity index (χ0) is 15.1. The molecule has 6 heteroatoms. The summed E-state index contributed by atoms with van der Waals surface area (Å²) in [7, 11) is 0. The Hall–Kier alpha value is -2.08. The number of aryl methyl sites for hydroxylation is 1. The van der Waals surface area contributed by atoms with Gasteiger partial charge in [-0.25, -0.2) is 9.97 Å². The second kappa shape index (κ2) is 7.64. The van der Waals surface area contributed by atoms with Crippen molar-refractivity contribution in [3.63, 3.8) is 0 Å². The third-order valence-corrected chi connectivity index (χ3v) is 3.69. The Morgan fingerprint density at radius 3 is 2.57 bits per heavy atom. The highest BCUT2D eigenvalue weighted by atomic mass is 32.2. The van der Waals surface area contributed by atoms with E-state index in [4.69, 9.17) is 5.73 Å². The lowest BCUT2D eigenvalue weighted by Gasteiger charge is -2.05. The highest BCUT2D eigenvalue weighted by Crippen LogP contribution is 2.15. The number of hydrogen-bond acceptors (Lipinski definition) is 5. The average Bonchev–Trinajstić information content (AvgIpc) is 2.48. The van der Waals surface area contributed by atoms with Crippen LogP contribution in [-0.4, -0.2) is 21.6 Å². The minimum absolute atomic E-state index is 0.00481. The standard InChI is InChI=1S/C15H18N4OS/c1-11-9-17-15(18-10-11)21-8-2-3-14(20)19-13-6-4-12(16)5-7-13/h4-7,9-10H,2-3,8,16H2,1H3,(H,19,20). The number of carbonyl (C=O) groups excluding carboxylic acids is 1. The predicted molar refractivity (Wildman–Crippen MR) is 86.2 cm³/mol. The second-order valence-corrected chi connectivity index (χ2v) is 5.73. The number of aromatic nitrogens is 2. The molecule has 2 rings (SSSR count). The van der Waals surface area contributed by atoms with E-state index in [0.717, 1.165) is 28.6 Å². The summed E-state index contributed by atoms with van der Waals surface area (Å²) >= 11 is 1.56. The number of hydrogen-bond donors (Lipinski definition) is 2. The Morgan fingerprint density at radius 1 is 1.24 bits per heavy atom. The topological polar surface area (TPSA) is 80.9 Å². The van der Waals surface area contributed by atoms with Gasteiger partial charge >= 0.3 is 0 Å². The molecule has 0 unspecified atom stereocenters. The summed E-state index contributed by atoms with van der Waals surface area (Å²) in [5, 5.41) is 3.59. The van der Waals surface area contributed by atoms with Crippen molar-refractivity contribution in [2.75, 3.05) is 16.8 Å². The molecule has 0 fully saturated rings. The molecule has 21 heavy (non-hydrogen) atoms. The fourth-order valence-corrected chi connectivity index (χ4v) is 2.37. The summed E-state index contributed by atoms with van der Waals surface area (Å²) < 4.78 is 0. The van der Waals surface area contributed by atoms with Gasteiger partial charge in [-0.15, -0.1) is 0 Å². The first kappa shape index (κ1) is 15.3. The van der Waals surface area contributed by atoms with Crippen molar-refractivity contribution >= 4 is 29.0 Å².